The van der Waals surface area contributed by atoms with Crippen LogP contribution in [0.1, 0.15) is 56.1 Å². The number of aromatic hydroxyl groups is 1. The van der Waals surface area contributed by atoms with Crippen LogP contribution in [0.15, 0.2) is 42.5 Å². The predicted molar refractivity (Wildman–Crippen MR) is 160 cm³/mol. The van der Waals surface area contributed by atoms with Crippen LogP contribution in [0, 0.1) is 11.8 Å². The van der Waals surface area contributed by atoms with Gasteiger partial charge in [-0.1, -0.05) is 24.3 Å². The number of phenols is 1. The number of likely N-dealkylation sites (tertiary alicyclic amines) is 1. The Bertz CT molecular complexity index is 1390. The van der Waals surface area contributed by atoms with Gasteiger partial charge in [0.15, 0.2) is 11.5 Å². The number of piperidine rings is 3. The van der Waals surface area contributed by atoms with Crippen molar-refractivity contribution >= 4 is 36.4 Å². The lowest BCUT2D eigenvalue weighted by atomic mass is 9.40. The Hall–Kier alpha value is -2.03. The fourth-order valence-corrected chi connectivity index (χ4v) is 9.85. The summed E-state index contributed by atoms with van der Waals surface area (Å²) in [4.78, 5) is 19.6. The van der Waals surface area contributed by atoms with Gasteiger partial charge in [-0.3, -0.25) is 14.6 Å². The highest BCUT2D eigenvalue weighted by atomic mass is 35.5. The number of ether oxygens (including phenoxy) is 1. The van der Waals surface area contributed by atoms with Crippen molar-refractivity contribution < 1.29 is 19.7 Å². The number of phenolic OH excluding ortho intramolecular Hbond substituents is 1. The number of para-hydroxylation sites is 1. The number of carbonyl (C=O) groups excluding carboxylic acids is 1. The molecule has 2 aromatic rings. The average molecular weight is 601 g/mol. The highest BCUT2D eigenvalue weighted by molar-refractivity contribution is 5.96. The van der Waals surface area contributed by atoms with Gasteiger partial charge < -0.3 is 20.3 Å². The maximum atomic E-state index is 14.3. The maximum absolute atomic E-state index is 14.3. The number of anilines is 1. The number of aliphatic hydroxyl groups is 1. The molecule has 4 heterocycles. The molecule has 1 amide bonds. The number of carbonyl (C=O) groups is 1. The van der Waals surface area contributed by atoms with E-state index in [4.69, 9.17) is 4.74 Å². The Morgan fingerprint density at radius 2 is 1.71 bits per heavy atom. The van der Waals surface area contributed by atoms with Crippen LogP contribution in [-0.2, 0) is 16.6 Å². The molecular formula is C32H39Cl2N3O4. The molecule has 220 valence electrons. The van der Waals surface area contributed by atoms with Crippen molar-refractivity contribution in [3.63, 3.8) is 0 Å². The van der Waals surface area contributed by atoms with Crippen LogP contribution in [0.4, 0.5) is 5.69 Å². The molecule has 2 spiro atoms. The van der Waals surface area contributed by atoms with E-state index in [1.165, 1.54) is 31.2 Å². The van der Waals surface area contributed by atoms with E-state index in [-0.39, 0.29) is 48.1 Å². The second-order valence-electron chi connectivity index (χ2n) is 13.6. The van der Waals surface area contributed by atoms with Crippen molar-refractivity contribution in [1.82, 2.24) is 9.80 Å². The molecule has 8 aliphatic rings. The molecule has 0 aromatic heterocycles. The zero-order valence-electron chi connectivity index (χ0n) is 23.1. The van der Waals surface area contributed by atoms with Crippen molar-refractivity contribution in [2.75, 3.05) is 25.0 Å². The third kappa shape index (κ3) is 3.47. The lowest BCUT2D eigenvalue weighted by Gasteiger charge is -2.76. The predicted octanol–water partition coefficient (Wildman–Crippen LogP) is 4.27. The number of rotatable bonds is 6. The van der Waals surface area contributed by atoms with E-state index in [2.05, 4.69) is 21.2 Å². The van der Waals surface area contributed by atoms with Crippen molar-refractivity contribution in [2.24, 2.45) is 11.8 Å². The molecule has 4 aliphatic heterocycles. The maximum Gasteiger partial charge on any atom is 0.244 e. The first-order chi connectivity index (χ1) is 19.0. The summed E-state index contributed by atoms with van der Waals surface area (Å²) in [5.41, 5.74) is 1.05. The SMILES string of the molecule is Cl.Cl.O=C(Nc1ccccc1)[C@@H]1N(CC2CC2)[C@@]23CC[C@]1(O)[C@@H]1Oc4c(O)ccc5c4[C@@]12CCN(CC1CC1)[C@@H]3C5. The average Bonchev–Trinajstić information content (AvgIpc) is 3.86. The van der Waals surface area contributed by atoms with Crippen LogP contribution >= 0.6 is 24.8 Å². The van der Waals surface area contributed by atoms with E-state index in [9.17, 15) is 15.0 Å². The van der Waals surface area contributed by atoms with Gasteiger partial charge in [-0.25, -0.2) is 0 Å². The Morgan fingerprint density at radius 3 is 2.44 bits per heavy atom. The number of hydrogen-bond donors (Lipinski definition) is 3. The third-order valence-corrected chi connectivity index (χ3v) is 11.6. The summed E-state index contributed by atoms with van der Waals surface area (Å²) in [7, 11) is 0. The second-order valence-corrected chi connectivity index (χ2v) is 13.6. The van der Waals surface area contributed by atoms with E-state index in [0.717, 1.165) is 56.1 Å². The molecule has 4 aliphatic carbocycles. The monoisotopic (exact) mass is 599 g/mol. The van der Waals surface area contributed by atoms with Crippen LogP contribution in [0.25, 0.3) is 0 Å². The quantitative estimate of drug-likeness (QED) is 0.460. The number of hydrogen-bond acceptors (Lipinski definition) is 6. The number of fused-ring (bicyclic) bond motifs is 2. The highest BCUT2D eigenvalue weighted by Crippen LogP contribution is 2.72. The molecule has 0 unspecified atom stereocenters. The number of nitrogens with zero attached hydrogens (tertiary/aromatic N) is 2. The van der Waals surface area contributed by atoms with Gasteiger partial charge in [0, 0.05) is 30.4 Å². The van der Waals surface area contributed by atoms with E-state index >= 15 is 0 Å². The van der Waals surface area contributed by atoms with Crippen LogP contribution in [0.2, 0.25) is 0 Å². The van der Waals surface area contributed by atoms with Gasteiger partial charge in [0.2, 0.25) is 5.91 Å². The van der Waals surface area contributed by atoms with Crippen molar-refractivity contribution in [1.29, 1.82) is 0 Å². The highest BCUT2D eigenvalue weighted by Gasteiger charge is 2.83. The Kier molecular flexibility index (Phi) is 6.26. The topological polar surface area (TPSA) is 85.3 Å². The van der Waals surface area contributed by atoms with Gasteiger partial charge in [0.25, 0.3) is 0 Å². The van der Waals surface area contributed by atoms with Gasteiger partial charge in [-0.05, 0) is 93.5 Å². The molecule has 6 atom stereocenters. The molecule has 9 heteroatoms. The van der Waals surface area contributed by atoms with Crippen molar-refractivity contribution in [3.8, 4) is 11.5 Å². The van der Waals surface area contributed by atoms with Gasteiger partial charge >= 0.3 is 0 Å². The molecule has 4 bridgehead atoms. The van der Waals surface area contributed by atoms with Crippen LogP contribution in [0.3, 0.4) is 0 Å². The molecule has 3 N–H and O–H groups in total. The van der Waals surface area contributed by atoms with Crippen LogP contribution in [-0.4, -0.2) is 74.9 Å². The van der Waals surface area contributed by atoms with E-state index in [1.807, 2.05) is 30.3 Å². The van der Waals surface area contributed by atoms with Gasteiger partial charge in [0.1, 0.15) is 17.7 Å². The summed E-state index contributed by atoms with van der Waals surface area (Å²) in [5, 5.41) is 27.0. The zero-order chi connectivity index (χ0) is 26.1. The molecule has 3 saturated heterocycles. The first kappa shape index (κ1) is 27.8. The summed E-state index contributed by atoms with van der Waals surface area (Å²) < 4.78 is 6.74. The van der Waals surface area contributed by atoms with Crippen LogP contribution < -0.4 is 10.1 Å². The fraction of sp³-hybridized carbons (Fsp3) is 0.594. The lowest BCUT2D eigenvalue weighted by molar-refractivity contribution is -0.286. The second kappa shape index (κ2) is 9.23. The molecule has 3 saturated carbocycles. The zero-order valence-corrected chi connectivity index (χ0v) is 24.8. The minimum Gasteiger partial charge on any atom is -0.504 e. The molecule has 2 aromatic carbocycles. The van der Waals surface area contributed by atoms with Crippen molar-refractivity contribution in [3.05, 3.63) is 53.6 Å². The number of amides is 1. The first-order valence-corrected chi connectivity index (χ1v) is 15.1. The number of benzene rings is 2. The summed E-state index contributed by atoms with van der Waals surface area (Å²) >= 11 is 0. The smallest absolute Gasteiger partial charge is 0.244 e. The standard InChI is InChI=1S/C32H37N3O4.2ClH/c36-23-11-10-21-16-24-32-13-12-31(38,27(35(32)18-20-8-9-20)28(37)33-22-4-2-1-3-5-22)29-30(32,25(21)26(23)39-29)14-15-34(24)17-19-6-7-19;;/h1-5,10-11,19-20,24,27,29,36,38H,6-9,12-18H2,(H,33,37);2*1H/t24-,27+,29-,30+,31-,32-;;/m1../s1. The molecule has 41 heavy (non-hydrogen) atoms. The minimum absolute atomic E-state index is 0. The van der Waals surface area contributed by atoms with E-state index < -0.39 is 23.2 Å². The number of nitrogens with one attached hydrogen (secondary N) is 1. The first-order valence-electron chi connectivity index (χ1n) is 15.1. The molecule has 6 fully saturated rings. The summed E-state index contributed by atoms with van der Waals surface area (Å²) in [6, 6.07) is 13.0. The lowest BCUT2D eigenvalue weighted by Crippen LogP contribution is -2.92. The Morgan fingerprint density at radius 1 is 0.976 bits per heavy atom. The fourth-order valence-electron chi connectivity index (χ4n) is 9.85. The molecule has 10 rings (SSSR count). The number of halogens is 2. The Labute approximate surface area is 253 Å². The minimum atomic E-state index is -1.35. The molecule has 0 radical (unpaired) electrons. The molecule has 7 nitrogen and oxygen atoms in total. The van der Waals surface area contributed by atoms with Gasteiger partial charge in [-0.15, -0.1) is 24.8 Å². The largest absolute Gasteiger partial charge is 0.504 e. The van der Waals surface area contributed by atoms with Crippen molar-refractivity contribution in [2.45, 2.75) is 86.1 Å². The Balaban J connectivity index is 0.00000138. The van der Waals surface area contributed by atoms with Gasteiger partial charge in [-0.2, -0.15) is 0 Å². The summed E-state index contributed by atoms with van der Waals surface area (Å²) in [5.74, 6) is 1.93. The summed E-state index contributed by atoms with van der Waals surface area (Å²) in [6.07, 6.45) is 7.63. The molecular weight excluding hydrogens is 561 g/mol. The third-order valence-electron chi connectivity index (χ3n) is 11.6. The van der Waals surface area contributed by atoms with E-state index in [1.54, 1.807) is 6.07 Å². The van der Waals surface area contributed by atoms with E-state index in [0.29, 0.717) is 18.1 Å². The summed E-state index contributed by atoms with van der Waals surface area (Å²) in [6.45, 7) is 2.93. The van der Waals surface area contributed by atoms with Crippen LogP contribution in [0.5, 0.6) is 11.5 Å². The van der Waals surface area contributed by atoms with Gasteiger partial charge in [0.05, 0.1) is 11.0 Å². The normalized spacial score (nSPS) is 37.8.